The molecular formula is C14H25N3O3. The van der Waals surface area contributed by atoms with E-state index in [0.717, 1.165) is 5.69 Å². The molecule has 6 nitrogen and oxygen atoms in total. The van der Waals surface area contributed by atoms with Crippen LogP contribution in [0.3, 0.4) is 0 Å². The Labute approximate surface area is 119 Å². The van der Waals surface area contributed by atoms with Gasteiger partial charge in [-0.3, -0.25) is 10.00 Å². The normalized spacial score (nSPS) is 17.6. The number of aliphatic hydroxyl groups is 3. The second-order valence-corrected chi connectivity index (χ2v) is 5.69. The Morgan fingerprint density at radius 1 is 1.15 bits per heavy atom. The third-order valence-electron chi connectivity index (χ3n) is 4.16. The fraction of sp³-hybridized carbons (Fsp3) is 0.786. The highest BCUT2D eigenvalue weighted by molar-refractivity contribution is 5.01. The van der Waals surface area contributed by atoms with E-state index in [9.17, 15) is 15.3 Å². The van der Waals surface area contributed by atoms with Gasteiger partial charge in [-0.1, -0.05) is 19.3 Å². The van der Waals surface area contributed by atoms with Crippen LogP contribution in [0.4, 0.5) is 0 Å². The summed E-state index contributed by atoms with van der Waals surface area (Å²) < 4.78 is 2.02. The van der Waals surface area contributed by atoms with Crippen LogP contribution in [0.1, 0.15) is 43.8 Å². The highest BCUT2D eigenvalue weighted by Gasteiger charge is 2.27. The molecule has 0 atom stereocenters. The SMILES string of the molecule is OCC(CO)(CO)NCc1ccn(C2CCCCC2)n1. The summed E-state index contributed by atoms with van der Waals surface area (Å²) in [6.07, 6.45) is 8.20. The standard InChI is InChI=1S/C14H25N3O3/c18-9-14(10-19,11-20)15-8-12-6-7-17(16-12)13-4-2-1-3-5-13/h6-7,13,15,18-20H,1-5,8-11H2. The minimum Gasteiger partial charge on any atom is -0.394 e. The molecule has 0 amide bonds. The number of nitrogens with one attached hydrogen (secondary N) is 1. The second kappa shape index (κ2) is 7.17. The first-order valence-corrected chi connectivity index (χ1v) is 7.34. The van der Waals surface area contributed by atoms with Crippen molar-refractivity contribution >= 4 is 0 Å². The topological polar surface area (TPSA) is 90.5 Å². The highest BCUT2D eigenvalue weighted by Crippen LogP contribution is 2.27. The molecule has 0 aliphatic heterocycles. The smallest absolute Gasteiger partial charge is 0.0884 e. The number of aromatic nitrogens is 2. The van der Waals surface area contributed by atoms with Crippen molar-refractivity contribution in [3.05, 3.63) is 18.0 Å². The maximum Gasteiger partial charge on any atom is 0.0884 e. The molecule has 1 fully saturated rings. The summed E-state index contributed by atoms with van der Waals surface area (Å²) in [5.41, 5.74) is -0.190. The molecule has 2 rings (SSSR count). The zero-order chi connectivity index (χ0) is 14.4. The van der Waals surface area contributed by atoms with Crippen LogP contribution < -0.4 is 5.32 Å². The van der Waals surface area contributed by atoms with E-state index in [4.69, 9.17) is 0 Å². The zero-order valence-corrected chi connectivity index (χ0v) is 11.8. The molecule has 1 aliphatic rings. The van der Waals surface area contributed by atoms with Gasteiger partial charge in [0.25, 0.3) is 0 Å². The van der Waals surface area contributed by atoms with Crippen LogP contribution in [-0.2, 0) is 6.54 Å². The van der Waals surface area contributed by atoms with Gasteiger partial charge < -0.3 is 15.3 Å². The summed E-state index contributed by atoms with van der Waals surface area (Å²) in [7, 11) is 0. The van der Waals surface area contributed by atoms with Gasteiger partial charge in [0.2, 0.25) is 0 Å². The van der Waals surface area contributed by atoms with Gasteiger partial charge in [-0.15, -0.1) is 0 Å². The van der Waals surface area contributed by atoms with Gasteiger partial charge in [-0.2, -0.15) is 5.10 Å². The van der Waals surface area contributed by atoms with Crippen LogP contribution in [0.15, 0.2) is 12.3 Å². The molecule has 0 saturated heterocycles. The Hall–Kier alpha value is -0.950. The van der Waals surface area contributed by atoms with Gasteiger partial charge in [0.15, 0.2) is 0 Å². The van der Waals surface area contributed by atoms with E-state index in [0.29, 0.717) is 12.6 Å². The average Bonchev–Trinajstić information content (AvgIpc) is 2.99. The summed E-state index contributed by atoms with van der Waals surface area (Å²) >= 11 is 0. The van der Waals surface area contributed by atoms with Crippen molar-refractivity contribution in [2.45, 2.75) is 50.2 Å². The van der Waals surface area contributed by atoms with E-state index in [1.165, 1.54) is 32.1 Å². The van der Waals surface area contributed by atoms with Crippen LogP contribution in [0.25, 0.3) is 0 Å². The highest BCUT2D eigenvalue weighted by atomic mass is 16.3. The molecule has 114 valence electrons. The maximum atomic E-state index is 9.26. The van der Waals surface area contributed by atoms with Crippen molar-refractivity contribution in [2.75, 3.05) is 19.8 Å². The Morgan fingerprint density at radius 2 is 1.80 bits per heavy atom. The first-order chi connectivity index (χ1) is 9.73. The molecule has 1 saturated carbocycles. The Morgan fingerprint density at radius 3 is 2.40 bits per heavy atom. The minimum absolute atomic E-state index is 0.316. The van der Waals surface area contributed by atoms with Crippen molar-refractivity contribution in [3.63, 3.8) is 0 Å². The third-order valence-corrected chi connectivity index (χ3v) is 4.16. The van der Waals surface area contributed by atoms with Crippen molar-refractivity contribution in [2.24, 2.45) is 0 Å². The van der Waals surface area contributed by atoms with E-state index in [1.54, 1.807) is 0 Å². The van der Waals surface area contributed by atoms with E-state index in [-0.39, 0.29) is 19.8 Å². The van der Waals surface area contributed by atoms with Gasteiger partial charge in [0.1, 0.15) is 0 Å². The second-order valence-electron chi connectivity index (χ2n) is 5.69. The summed E-state index contributed by atoms with van der Waals surface area (Å²) in [6.45, 7) is -0.530. The molecule has 0 bridgehead atoms. The molecule has 0 spiro atoms. The number of hydrogen-bond acceptors (Lipinski definition) is 5. The van der Waals surface area contributed by atoms with Gasteiger partial charge in [-0.25, -0.2) is 0 Å². The summed E-state index contributed by atoms with van der Waals surface area (Å²) in [6, 6.07) is 2.44. The quantitative estimate of drug-likeness (QED) is 0.574. The van der Waals surface area contributed by atoms with Gasteiger partial charge in [-0.05, 0) is 18.9 Å². The summed E-state index contributed by atoms with van der Waals surface area (Å²) in [4.78, 5) is 0. The van der Waals surface area contributed by atoms with E-state index in [2.05, 4.69) is 10.4 Å². The minimum atomic E-state index is -1.05. The van der Waals surface area contributed by atoms with Crippen LogP contribution in [-0.4, -0.2) is 50.5 Å². The molecule has 0 aromatic carbocycles. The first kappa shape index (κ1) is 15.4. The number of aliphatic hydroxyl groups excluding tert-OH is 3. The van der Waals surface area contributed by atoms with Crippen LogP contribution in [0.5, 0.6) is 0 Å². The van der Waals surface area contributed by atoms with Crippen LogP contribution in [0, 0.1) is 0 Å². The number of hydrogen-bond donors (Lipinski definition) is 4. The summed E-state index contributed by atoms with van der Waals surface area (Å²) in [5, 5.41) is 35.3. The Balaban J connectivity index is 1.92. The molecule has 0 unspecified atom stereocenters. The predicted octanol–water partition coefficient (Wildman–Crippen LogP) is 0.194. The third kappa shape index (κ3) is 3.58. The fourth-order valence-electron chi connectivity index (χ4n) is 2.62. The first-order valence-electron chi connectivity index (χ1n) is 7.34. The molecule has 1 aromatic heterocycles. The lowest BCUT2D eigenvalue weighted by Crippen LogP contribution is -2.54. The molecule has 20 heavy (non-hydrogen) atoms. The lowest BCUT2D eigenvalue weighted by atomic mass is 9.96. The summed E-state index contributed by atoms with van der Waals surface area (Å²) in [5.74, 6) is 0. The van der Waals surface area contributed by atoms with Crippen molar-refractivity contribution in [1.29, 1.82) is 0 Å². The van der Waals surface area contributed by atoms with Crippen LogP contribution >= 0.6 is 0 Å². The zero-order valence-electron chi connectivity index (χ0n) is 11.8. The van der Waals surface area contributed by atoms with Gasteiger partial charge in [0, 0.05) is 12.7 Å². The fourth-order valence-corrected chi connectivity index (χ4v) is 2.62. The average molecular weight is 283 g/mol. The predicted molar refractivity (Wildman–Crippen MR) is 75.2 cm³/mol. The molecule has 6 heteroatoms. The molecule has 1 aromatic rings. The van der Waals surface area contributed by atoms with Crippen molar-refractivity contribution < 1.29 is 15.3 Å². The Kier molecular flexibility index (Phi) is 5.54. The molecule has 1 aliphatic carbocycles. The van der Waals surface area contributed by atoms with Crippen molar-refractivity contribution in [1.82, 2.24) is 15.1 Å². The molecular weight excluding hydrogens is 258 g/mol. The lowest BCUT2D eigenvalue weighted by molar-refractivity contribution is 0.0411. The van der Waals surface area contributed by atoms with E-state index in [1.807, 2.05) is 16.9 Å². The number of rotatable bonds is 7. The van der Waals surface area contributed by atoms with E-state index < -0.39 is 5.54 Å². The Bertz CT molecular complexity index is 390. The molecule has 0 radical (unpaired) electrons. The molecule has 1 heterocycles. The van der Waals surface area contributed by atoms with Gasteiger partial charge >= 0.3 is 0 Å². The number of nitrogens with zero attached hydrogens (tertiary/aromatic N) is 2. The lowest BCUT2D eigenvalue weighted by Gasteiger charge is -2.28. The largest absolute Gasteiger partial charge is 0.394 e. The maximum absolute atomic E-state index is 9.26. The van der Waals surface area contributed by atoms with Crippen LogP contribution in [0.2, 0.25) is 0 Å². The van der Waals surface area contributed by atoms with E-state index >= 15 is 0 Å². The van der Waals surface area contributed by atoms with Gasteiger partial charge in [0.05, 0.1) is 37.1 Å². The monoisotopic (exact) mass is 283 g/mol. The molecule has 4 N–H and O–H groups in total. The van der Waals surface area contributed by atoms with Crippen molar-refractivity contribution in [3.8, 4) is 0 Å².